The van der Waals surface area contributed by atoms with Gasteiger partial charge in [-0.3, -0.25) is 0 Å². The molecule has 2 rings (SSSR count). The molecule has 20 heavy (non-hydrogen) atoms. The van der Waals surface area contributed by atoms with Gasteiger partial charge in [-0.1, -0.05) is 12.1 Å². The lowest BCUT2D eigenvalue weighted by molar-refractivity contribution is 0.415. The Morgan fingerprint density at radius 1 is 1.20 bits per heavy atom. The van der Waals surface area contributed by atoms with Gasteiger partial charge in [-0.2, -0.15) is 5.26 Å². The summed E-state index contributed by atoms with van der Waals surface area (Å²) in [6, 6.07) is 11.8. The highest BCUT2D eigenvalue weighted by Gasteiger charge is 2.24. The van der Waals surface area contributed by atoms with Gasteiger partial charge in [-0.05, 0) is 39.0 Å². The topological polar surface area (TPSA) is 58.8 Å². The van der Waals surface area contributed by atoms with Gasteiger partial charge in [0, 0.05) is 11.3 Å². The van der Waals surface area contributed by atoms with Crippen LogP contribution in [-0.4, -0.2) is 17.1 Å². The van der Waals surface area contributed by atoms with Gasteiger partial charge in [0.2, 0.25) is 0 Å². The molecule has 1 aromatic carbocycles. The summed E-state index contributed by atoms with van der Waals surface area (Å²) >= 11 is 0. The van der Waals surface area contributed by atoms with Gasteiger partial charge in [-0.25, -0.2) is 9.97 Å². The van der Waals surface area contributed by atoms with E-state index in [9.17, 15) is 5.26 Å². The Hall–Kier alpha value is -2.41. The molecular weight excluding hydrogens is 250 g/mol. The summed E-state index contributed by atoms with van der Waals surface area (Å²) < 4.78 is 5.23. The van der Waals surface area contributed by atoms with Crippen molar-refractivity contribution in [1.82, 2.24) is 9.97 Å². The summed E-state index contributed by atoms with van der Waals surface area (Å²) in [7, 11) is 1.63. The summed E-state index contributed by atoms with van der Waals surface area (Å²) in [5, 5.41) is 9.23. The largest absolute Gasteiger partial charge is 0.497 e. The van der Waals surface area contributed by atoms with Crippen LogP contribution in [0.5, 0.6) is 5.75 Å². The van der Waals surface area contributed by atoms with Gasteiger partial charge in [0.1, 0.15) is 17.0 Å². The molecular formula is C16H17N3O. The van der Waals surface area contributed by atoms with Gasteiger partial charge < -0.3 is 4.74 Å². The van der Waals surface area contributed by atoms with Crippen molar-refractivity contribution in [3.63, 3.8) is 0 Å². The molecule has 2 aromatic rings. The van der Waals surface area contributed by atoms with Gasteiger partial charge in [0.05, 0.1) is 18.9 Å². The van der Waals surface area contributed by atoms with E-state index in [0.29, 0.717) is 5.82 Å². The number of nitrogens with zero attached hydrogens (tertiary/aromatic N) is 3. The summed E-state index contributed by atoms with van der Waals surface area (Å²) in [6.07, 6.45) is 0. The first-order valence-electron chi connectivity index (χ1n) is 6.38. The van der Waals surface area contributed by atoms with Crippen molar-refractivity contribution in [2.45, 2.75) is 26.2 Å². The molecule has 4 heteroatoms. The maximum Gasteiger partial charge on any atom is 0.148 e. The van der Waals surface area contributed by atoms with E-state index >= 15 is 0 Å². The van der Waals surface area contributed by atoms with Gasteiger partial charge >= 0.3 is 0 Å². The number of hydrogen-bond donors (Lipinski definition) is 0. The fourth-order valence-corrected chi connectivity index (χ4v) is 1.83. The monoisotopic (exact) mass is 267 g/mol. The lowest BCUT2D eigenvalue weighted by atomic mass is 9.94. The van der Waals surface area contributed by atoms with E-state index in [1.807, 2.05) is 51.1 Å². The summed E-state index contributed by atoms with van der Waals surface area (Å²) in [4.78, 5) is 8.91. The fourth-order valence-electron chi connectivity index (χ4n) is 1.83. The van der Waals surface area contributed by atoms with Crippen molar-refractivity contribution in [2.75, 3.05) is 7.11 Å². The van der Waals surface area contributed by atoms with E-state index in [1.54, 1.807) is 7.11 Å². The number of nitriles is 1. The highest BCUT2D eigenvalue weighted by molar-refractivity contribution is 5.61. The van der Waals surface area contributed by atoms with Crippen LogP contribution in [0.25, 0.3) is 11.3 Å². The minimum absolute atomic E-state index is 0.540. The van der Waals surface area contributed by atoms with Crippen molar-refractivity contribution in [2.24, 2.45) is 0 Å². The second-order valence-corrected chi connectivity index (χ2v) is 5.19. The zero-order valence-corrected chi connectivity index (χ0v) is 12.1. The molecule has 1 heterocycles. The van der Waals surface area contributed by atoms with Crippen LogP contribution < -0.4 is 4.74 Å². The van der Waals surface area contributed by atoms with E-state index in [1.165, 1.54) is 0 Å². The molecule has 0 atom stereocenters. The number of benzene rings is 1. The molecule has 0 radical (unpaired) electrons. The molecule has 0 aliphatic heterocycles. The SMILES string of the molecule is COc1cccc(-c2cc(C)nc(C(C)(C)C#N)n2)c1. The second-order valence-electron chi connectivity index (χ2n) is 5.19. The Kier molecular flexibility index (Phi) is 3.71. The maximum absolute atomic E-state index is 9.23. The van der Waals surface area contributed by atoms with E-state index < -0.39 is 5.41 Å². The third-order valence-corrected chi connectivity index (χ3v) is 3.06. The average molecular weight is 267 g/mol. The lowest BCUT2D eigenvalue weighted by Crippen LogP contribution is -2.19. The number of methoxy groups -OCH3 is 1. The smallest absolute Gasteiger partial charge is 0.148 e. The first-order chi connectivity index (χ1) is 9.46. The molecule has 0 saturated carbocycles. The average Bonchev–Trinajstić information content (AvgIpc) is 2.46. The van der Waals surface area contributed by atoms with E-state index in [-0.39, 0.29) is 0 Å². The van der Waals surface area contributed by atoms with Crippen LogP contribution in [-0.2, 0) is 5.41 Å². The van der Waals surface area contributed by atoms with Crippen LogP contribution in [0.2, 0.25) is 0 Å². The minimum atomic E-state index is -0.709. The molecule has 0 spiro atoms. The molecule has 0 fully saturated rings. The Balaban J connectivity index is 2.55. The normalized spacial score (nSPS) is 10.9. The Morgan fingerprint density at radius 3 is 2.60 bits per heavy atom. The molecule has 0 aliphatic carbocycles. The van der Waals surface area contributed by atoms with Crippen molar-refractivity contribution in [3.8, 4) is 23.1 Å². The van der Waals surface area contributed by atoms with Crippen molar-refractivity contribution in [3.05, 3.63) is 41.9 Å². The predicted molar refractivity (Wildman–Crippen MR) is 77.4 cm³/mol. The standard InChI is InChI=1S/C16H17N3O/c1-11-8-14(12-6-5-7-13(9-12)20-4)19-15(18-11)16(2,3)10-17/h5-9H,1-4H3. The minimum Gasteiger partial charge on any atom is -0.497 e. The van der Waals surface area contributed by atoms with E-state index in [4.69, 9.17) is 4.74 Å². The molecule has 0 bridgehead atoms. The number of aryl methyl sites for hydroxylation is 1. The Bertz CT molecular complexity index is 672. The van der Waals surface area contributed by atoms with Gasteiger partial charge in [-0.15, -0.1) is 0 Å². The first-order valence-corrected chi connectivity index (χ1v) is 6.38. The number of aromatic nitrogens is 2. The summed E-state index contributed by atoms with van der Waals surface area (Å²) in [6.45, 7) is 5.54. The Morgan fingerprint density at radius 2 is 1.95 bits per heavy atom. The Labute approximate surface area is 119 Å². The zero-order valence-electron chi connectivity index (χ0n) is 12.1. The van der Waals surface area contributed by atoms with Crippen LogP contribution in [0.15, 0.2) is 30.3 Å². The number of ether oxygens (including phenoxy) is 1. The lowest BCUT2D eigenvalue weighted by Gasteiger charge is -2.15. The number of rotatable bonds is 3. The molecule has 4 nitrogen and oxygen atoms in total. The maximum atomic E-state index is 9.23. The fraction of sp³-hybridized carbons (Fsp3) is 0.312. The zero-order chi connectivity index (χ0) is 14.8. The molecule has 1 aromatic heterocycles. The number of hydrogen-bond acceptors (Lipinski definition) is 4. The van der Waals surface area contributed by atoms with Gasteiger partial charge in [0.15, 0.2) is 0 Å². The third-order valence-electron chi connectivity index (χ3n) is 3.06. The molecule has 0 aliphatic rings. The summed E-state index contributed by atoms with van der Waals surface area (Å²) in [5.41, 5.74) is 1.88. The van der Waals surface area contributed by atoms with Crippen molar-refractivity contribution in [1.29, 1.82) is 5.26 Å². The van der Waals surface area contributed by atoms with E-state index in [2.05, 4.69) is 16.0 Å². The molecule has 0 unspecified atom stereocenters. The van der Waals surface area contributed by atoms with Crippen LogP contribution >= 0.6 is 0 Å². The van der Waals surface area contributed by atoms with Gasteiger partial charge in [0.25, 0.3) is 0 Å². The highest BCUT2D eigenvalue weighted by atomic mass is 16.5. The predicted octanol–water partition coefficient (Wildman–Crippen LogP) is 3.26. The van der Waals surface area contributed by atoms with Crippen LogP contribution in [0.1, 0.15) is 25.4 Å². The molecule has 0 saturated heterocycles. The third kappa shape index (κ3) is 2.77. The first kappa shape index (κ1) is 14.0. The second kappa shape index (κ2) is 5.30. The molecule has 0 N–H and O–H groups in total. The van der Waals surface area contributed by atoms with Crippen molar-refractivity contribution < 1.29 is 4.74 Å². The van der Waals surface area contributed by atoms with Crippen LogP contribution in [0.3, 0.4) is 0 Å². The quantitative estimate of drug-likeness (QED) is 0.856. The van der Waals surface area contributed by atoms with Crippen LogP contribution in [0, 0.1) is 18.3 Å². The van der Waals surface area contributed by atoms with Crippen molar-refractivity contribution >= 4 is 0 Å². The van der Waals surface area contributed by atoms with Crippen LogP contribution in [0.4, 0.5) is 0 Å². The highest BCUT2D eigenvalue weighted by Crippen LogP contribution is 2.25. The summed E-state index contributed by atoms with van der Waals surface area (Å²) in [5.74, 6) is 1.32. The molecule has 102 valence electrons. The van der Waals surface area contributed by atoms with E-state index in [0.717, 1.165) is 22.7 Å². The molecule has 0 amide bonds.